The van der Waals surface area contributed by atoms with E-state index in [4.69, 9.17) is 0 Å². The average Bonchev–Trinajstić information content (AvgIpc) is 3.02. The van der Waals surface area contributed by atoms with E-state index in [1.54, 1.807) is 6.33 Å². The lowest BCUT2D eigenvalue weighted by atomic mass is 10.1. The van der Waals surface area contributed by atoms with Crippen molar-refractivity contribution in [3.8, 4) is 0 Å². The summed E-state index contributed by atoms with van der Waals surface area (Å²) in [6.07, 6.45) is 6.96. The zero-order chi connectivity index (χ0) is 12.5. The summed E-state index contributed by atoms with van der Waals surface area (Å²) in [6.45, 7) is 3.15. The number of hydrogen-bond donors (Lipinski definition) is 0. The Morgan fingerprint density at radius 3 is 2.94 bits per heavy atom. The van der Waals surface area contributed by atoms with Gasteiger partial charge in [-0.2, -0.15) is 5.10 Å². The molecule has 0 aromatic carbocycles. The molecule has 0 bridgehead atoms. The Hall–Kier alpha value is -1.69. The topological polar surface area (TPSA) is 51.8 Å². The van der Waals surface area contributed by atoms with Gasteiger partial charge < -0.3 is 4.57 Å². The predicted octanol–water partition coefficient (Wildman–Crippen LogP) is 0.538. The van der Waals surface area contributed by atoms with Crippen LogP contribution in [0.25, 0.3) is 0 Å². The van der Waals surface area contributed by atoms with E-state index >= 15 is 0 Å². The molecule has 1 saturated heterocycles. The summed E-state index contributed by atoms with van der Waals surface area (Å²) in [6, 6.07) is 0. The lowest BCUT2D eigenvalue weighted by molar-refractivity contribution is 0.325. The van der Waals surface area contributed by atoms with Crippen molar-refractivity contribution in [2.45, 2.75) is 18.9 Å². The number of rotatable bonds is 3. The molecule has 0 radical (unpaired) electrons. The molecule has 3 heterocycles. The number of aromatic nitrogens is 5. The molecule has 6 heteroatoms. The third-order valence-electron chi connectivity index (χ3n) is 3.55. The van der Waals surface area contributed by atoms with Crippen molar-refractivity contribution in [2.24, 2.45) is 14.1 Å². The van der Waals surface area contributed by atoms with Gasteiger partial charge in [0.2, 0.25) is 0 Å². The second-order valence-corrected chi connectivity index (χ2v) is 5.04. The Bertz CT molecular complexity index is 528. The molecule has 0 aliphatic carbocycles. The first-order valence-electron chi connectivity index (χ1n) is 6.26. The molecule has 0 unspecified atom stereocenters. The third kappa shape index (κ3) is 2.15. The van der Waals surface area contributed by atoms with Crippen molar-refractivity contribution in [1.29, 1.82) is 0 Å². The van der Waals surface area contributed by atoms with Gasteiger partial charge in [0.1, 0.15) is 12.2 Å². The summed E-state index contributed by atoms with van der Waals surface area (Å²) < 4.78 is 3.88. The van der Waals surface area contributed by atoms with Gasteiger partial charge in [-0.1, -0.05) is 0 Å². The van der Waals surface area contributed by atoms with Crippen molar-refractivity contribution in [2.75, 3.05) is 13.1 Å². The van der Waals surface area contributed by atoms with Crippen LogP contribution in [0.15, 0.2) is 18.7 Å². The van der Waals surface area contributed by atoms with Gasteiger partial charge in [0, 0.05) is 44.9 Å². The predicted molar refractivity (Wildman–Crippen MR) is 66.8 cm³/mol. The number of aryl methyl sites for hydroxylation is 2. The molecule has 1 fully saturated rings. The summed E-state index contributed by atoms with van der Waals surface area (Å²) >= 11 is 0. The summed E-state index contributed by atoms with van der Waals surface area (Å²) in [5.41, 5.74) is 1.27. The fourth-order valence-electron chi connectivity index (χ4n) is 2.66. The van der Waals surface area contributed by atoms with Crippen LogP contribution in [0.5, 0.6) is 0 Å². The van der Waals surface area contributed by atoms with E-state index in [2.05, 4.69) is 26.4 Å². The first-order chi connectivity index (χ1) is 8.72. The minimum absolute atomic E-state index is 0.508. The van der Waals surface area contributed by atoms with Crippen LogP contribution in [-0.4, -0.2) is 42.5 Å². The van der Waals surface area contributed by atoms with Crippen molar-refractivity contribution < 1.29 is 0 Å². The minimum Gasteiger partial charge on any atom is -0.320 e. The smallest absolute Gasteiger partial charge is 0.136 e. The van der Waals surface area contributed by atoms with Gasteiger partial charge >= 0.3 is 0 Å². The quantitative estimate of drug-likeness (QED) is 0.793. The van der Waals surface area contributed by atoms with Crippen molar-refractivity contribution in [3.63, 3.8) is 0 Å². The highest BCUT2D eigenvalue weighted by Crippen LogP contribution is 2.26. The van der Waals surface area contributed by atoms with Gasteiger partial charge in [-0.15, -0.1) is 10.2 Å². The second kappa shape index (κ2) is 4.53. The van der Waals surface area contributed by atoms with Gasteiger partial charge in [-0.05, 0) is 13.0 Å². The summed E-state index contributed by atoms with van der Waals surface area (Å²) in [4.78, 5) is 2.45. The van der Waals surface area contributed by atoms with Crippen LogP contribution in [0, 0.1) is 0 Å². The van der Waals surface area contributed by atoms with Gasteiger partial charge in [-0.3, -0.25) is 9.58 Å². The Labute approximate surface area is 106 Å². The SMILES string of the molecule is Cn1cc(CN2CC[C@@H](c3nncn3C)C2)cn1. The standard InChI is InChI=1S/C12H18N6/c1-16-9-13-15-12(16)11-3-4-18(8-11)7-10-5-14-17(2)6-10/h5-6,9,11H,3-4,7-8H2,1-2H3/t11-/m1/s1. The summed E-state index contributed by atoms with van der Waals surface area (Å²) in [7, 11) is 3.97. The summed E-state index contributed by atoms with van der Waals surface area (Å²) in [5, 5.41) is 12.4. The maximum Gasteiger partial charge on any atom is 0.136 e. The highest BCUT2D eigenvalue weighted by Gasteiger charge is 2.27. The fourth-order valence-corrected chi connectivity index (χ4v) is 2.66. The Morgan fingerprint density at radius 2 is 2.28 bits per heavy atom. The lowest BCUT2D eigenvalue weighted by Gasteiger charge is -2.14. The molecule has 1 aliphatic heterocycles. The van der Waals surface area contributed by atoms with Crippen LogP contribution in [0.3, 0.4) is 0 Å². The van der Waals surface area contributed by atoms with E-state index in [0.29, 0.717) is 5.92 Å². The average molecular weight is 246 g/mol. The molecule has 18 heavy (non-hydrogen) atoms. The molecule has 6 nitrogen and oxygen atoms in total. The highest BCUT2D eigenvalue weighted by molar-refractivity contribution is 5.06. The normalized spacial score (nSPS) is 20.7. The van der Waals surface area contributed by atoms with E-state index in [-0.39, 0.29) is 0 Å². The number of hydrogen-bond acceptors (Lipinski definition) is 4. The van der Waals surface area contributed by atoms with E-state index in [0.717, 1.165) is 31.9 Å². The second-order valence-electron chi connectivity index (χ2n) is 5.04. The van der Waals surface area contributed by atoms with E-state index in [1.165, 1.54) is 5.56 Å². The van der Waals surface area contributed by atoms with Crippen molar-refractivity contribution in [3.05, 3.63) is 30.1 Å². The molecule has 2 aromatic heterocycles. The maximum absolute atomic E-state index is 4.21. The minimum atomic E-state index is 0.508. The zero-order valence-electron chi connectivity index (χ0n) is 10.8. The monoisotopic (exact) mass is 246 g/mol. The fraction of sp³-hybridized carbons (Fsp3) is 0.583. The molecule has 0 N–H and O–H groups in total. The molecule has 0 spiro atoms. The molecular formula is C12H18N6. The lowest BCUT2D eigenvalue weighted by Crippen LogP contribution is -2.20. The Morgan fingerprint density at radius 1 is 1.39 bits per heavy atom. The van der Waals surface area contributed by atoms with E-state index in [1.807, 2.05) is 29.5 Å². The first-order valence-corrected chi connectivity index (χ1v) is 6.26. The maximum atomic E-state index is 4.21. The van der Waals surface area contributed by atoms with Crippen LogP contribution in [0.2, 0.25) is 0 Å². The Balaban J connectivity index is 1.63. The van der Waals surface area contributed by atoms with Crippen LogP contribution in [0.1, 0.15) is 23.7 Å². The molecule has 96 valence electrons. The Kier molecular flexibility index (Phi) is 2.87. The largest absolute Gasteiger partial charge is 0.320 e. The van der Waals surface area contributed by atoms with Crippen LogP contribution < -0.4 is 0 Å². The molecule has 1 aliphatic rings. The van der Waals surface area contributed by atoms with Gasteiger partial charge in [-0.25, -0.2) is 0 Å². The van der Waals surface area contributed by atoms with Crippen molar-refractivity contribution in [1.82, 2.24) is 29.4 Å². The molecule has 0 amide bonds. The van der Waals surface area contributed by atoms with Gasteiger partial charge in [0.25, 0.3) is 0 Å². The van der Waals surface area contributed by atoms with Crippen LogP contribution in [0.4, 0.5) is 0 Å². The van der Waals surface area contributed by atoms with Gasteiger partial charge in [0.15, 0.2) is 0 Å². The third-order valence-corrected chi connectivity index (χ3v) is 3.55. The van der Waals surface area contributed by atoms with E-state index in [9.17, 15) is 0 Å². The molecule has 3 rings (SSSR count). The van der Waals surface area contributed by atoms with Crippen LogP contribution >= 0.6 is 0 Å². The van der Waals surface area contributed by atoms with Crippen molar-refractivity contribution >= 4 is 0 Å². The molecule has 2 aromatic rings. The van der Waals surface area contributed by atoms with E-state index < -0.39 is 0 Å². The van der Waals surface area contributed by atoms with Crippen LogP contribution in [-0.2, 0) is 20.6 Å². The highest BCUT2D eigenvalue weighted by atomic mass is 15.3. The number of nitrogens with zero attached hydrogens (tertiary/aromatic N) is 6. The number of likely N-dealkylation sites (tertiary alicyclic amines) is 1. The van der Waals surface area contributed by atoms with Gasteiger partial charge in [0.05, 0.1) is 6.20 Å². The molecule has 1 atom stereocenters. The molecule has 0 saturated carbocycles. The zero-order valence-corrected chi connectivity index (χ0v) is 10.8. The summed E-state index contributed by atoms with van der Waals surface area (Å²) in [5.74, 6) is 1.61. The first kappa shape index (κ1) is 11.4. The molecular weight excluding hydrogens is 228 g/mol.